The zero-order valence-corrected chi connectivity index (χ0v) is 25.4. The summed E-state index contributed by atoms with van der Waals surface area (Å²) >= 11 is 6.03. The van der Waals surface area contributed by atoms with Gasteiger partial charge in [0.1, 0.15) is 12.6 Å². The van der Waals surface area contributed by atoms with Crippen molar-refractivity contribution in [2.75, 3.05) is 10.8 Å². The fourth-order valence-electron chi connectivity index (χ4n) is 5.30. The van der Waals surface area contributed by atoms with E-state index in [1.54, 1.807) is 18.2 Å². The molecule has 0 unspecified atom stereocenters. The average molecular weight is 596 g/mol. The van der Waals surface area contributed by atoms with Crippen molar-refractivity contribution >= 4 is 39.1 Å². The highest BCUT2D eigenvalue weighted by Crippen LogP contribution is 2.27. The Morgan fingerprint density at radius 1 is 0.976 bits per heavy atom. The first kappa shape index (κ1) is 30.6. The number of hydrogen-bond donors (Lipinski definition) is 1. The lowest BCUT2D eigenvalue weighted by molar-refractivity contribution is -0.140. The molecule has 3 aromatic rings. The van der Waals surface area contributed by atoms with Gasteiger partial charge in [0.2, 0.25) is 11.8 Å². The lowest BCUT2D eigenvalue weighted by Crippen LogP contribution is -2.53. The predicted octanol–water partition coefficient (Wildman–Crippen LogP) is 6.02. The number of aryl methyl sites for hydroxylation is 2. The third-order valence-electron chi connectivity index (χ3n) is 7.66. The van der Waals surface area contributed by atoms with E-state index in [4.69, 9.17) is 11.6 Å². The van der Waals surface area contributed by atoms with Crippen LogP contribution < -0.4 is 9.62 Å². The van der Waals surface area contributed by atoms with Gasteiger partial charge in [-0.15, -0.1) is 0 Å². The van der Waals surface area contributed by atoms with Crippen molar-refractivity contribution in [2.24, 2.45) is 0 Å². The van der Waals surface area contributed by atoms with E-state index in [2.05, 4.69) is 5.32 Å². The smallest absolute Gasteiger partial charge is 0.264 e. The molecule has 218 valence electrons. The molecular weight excluding hydrogens is 558 g/mol. The summed E-state index contributed by atoms with van der Waals surface area (Å²) in [5.41, 5.74) is 3.11. The van der Waals surface area contributed by atoms with Crippen molar-refractivity contribution in [2.45, 2.75) is 76.4 Å². The third kappa shape index (κ3) is 7.49. The molecule has 0 aliphatic heterocycles. The summed E-state index contributed by atoms with van der Waals surface area (Å²) < 4.78 is 29.0. The molecule has 1 fully saturated rings. The molecule has 0 heterocycles. The molecule has 1 aliphatic carbocycles. The van der Waals surface area contributed by atoms with Crippen LogP contribution in [0.15, 0.2) is 77.7 Å². The topological polar surface area (TPSA) is 86.8 Å². The highest BCUT2D eigenvalue weighted by Gasteiger charge is 2.34. The van der Waals surface area contributed by atoms with Gasteiger partial charge in [-0.2, -0.15) is 0 Å². The monoisotopic (exact) mass is 595 g/mol. The predicted molar refractivity (Wildman–Crippen MR) is 163 cm³/mol. The summed E-state index contributed by atoms with van der Waals surface area (Å²) in [6.45, 7) is 5.42. The van der Waals surface area contributed by atoms with Crippen LogP contribution in [0.4, 0.5) is 5.69 Å². The first-order chi connectivity index (χ1) is 19.6. The van der Waals surface area contributed by atoms with Gasteiger partial charge in [0.15, 0.2) is 0 Å². The molecule has 1 atom stereocenters. The molecule has 7 nitrogen and oxygen atoms in total. The molecular formula is C32H38ClN3O4S. The lowest BCUT2D eigenvalue weighted by atomic mass is 10.1. The molecule has 1 saturated carbocycles. The molecule has 2 amide bonds. The molecule has 0 radical (unpaired) electrons. The van der Waals surface area contributed by atoms with Crippen molar-refractivity contribution < 1.29 is 18.0 Å². The van der Waals surface area contributed by atoms with Crippen LogP contribution in [0.2, 0.25) is 5.02 Å². The van der Waals surface area contributed by atoms with E-state index in [0.717, 1.165) is 46.7 Å². The zero-order chi connectivity index (χ0) is 29.6. The Hall–Kier alpha value is -3.36. The Kier molecular flexibility index (Phi) is 10.1. The summed E-state index contributed by atoms with van der Waals surface area (Å²) in [6, 6.07) is 20.0. The lowest BCUT2D eigenvalue weighted by Gasteiger charge is -2.34. The number of halogens is 1. The second-order valence-corrected chi connectivity index (χ2v) is 13.0. The number of sulfonamides is 1. The minimum absolute atomic E-state index is 0.0210. The van der Waals surface area contributed by atoms with Gasteiger partial charge in [-0.25, -0.2) is 8.42 Å². The molecule has 0 aromatic heterocycles. The van der Waals surface area contributed by atoms with Gasteiger partial charge in [-0.3, -0.25) is 13.9 Å². The number of carbonyl (C=O) groups is 2. The number of benzene rings is 3. The molecule has 3 aromatic carbocycles. The Balaban J connectivity index is 1.72. The van der Waals surface area contributed by atoms with Gasteiger partial charge in [0.25, 0.3) is 10.0 Å². The second-order valence-electron chi connectivity index (χ2n) is 10.7. The minimum Gasteiger partial charge on any atom is -0.352 e. The van der Waals surface area contributed by atoms with Gasteiger partial charge >= 0.3 is 0 Å². The van der Waals surface area contributed by atoms with E-state index in [1.165, 1.54) is 29.2 Å². The van der Waals surface area contributed by atoms with Crippen molar-refractivity contribution in [3.05, 3.63) is 94.5 Å². The highest BCUT2D eigenvalue weighted by molar-refractivity contribution is 7.92. The molecule has 0 bridgehead atoms. The van der Waals surface area contributed by atoms with Gasteiger partial charge in [0.05, 0.1) is 10.6 Å². The van der Waals surface area contributed by atoms with E-state index >= 15 is 0 Å². The third-order valence-corrected chi connectivity index (χ3v) is 9.70. The summed E-state index contributed by atoms with van der Waals surface area (Å²) in [6.07, 6.45) is 4.39. The van der Waals surface area contributed by atoms with E-state index in [1.807, 2.05) is 51.1 Å². The zero-order valence-electron chi connectivity index (χ0n) is 23.8. The number of rotatable bonds is 11. The van der Waals surface area contributed by atoms with Crippen LogP contribution in [-0.2, 0) is 26.2 Å². The minimum atomic E-state index is -4.14. The van der Waals surface area contributed by atoms with Crippen molar-refractivity contribution in [3.63, 3.8) is 0 Å². The molecule has 4 rings (SSSR count). The second kappa shape index (κ2) is 13.5. The molecule has 1 N–H and O–H groups in total. The van der Waals surface area contributed by atoms with E-state index in [9.17, 15) is 18.0 Å². The Labute approximate surface area is 248 Å². The van der Waals surface area contributed by atoms with Crippen LogP contribution in [0.25, 0.3) is 0 Å². The van der Waals surface area contributed by atoms with E-state index in [0.29, 0.717) is 17.1 Å². The number of amides is 2. The number of nitrogens with zero attached hydrogens (tertiary/aromatic N) is 2. The maximum Gasteiger partial charge on any atom is 0.264 e. The fraction of sp³-hybridized carbons (Fsp3) is 0.375. The molecule has 41 heavy (non-hydrogen) atoms. The standard InChI is InChI=1S/C32H38ClN3O4S/c1-4-30(32(38)34-27-13-7-8-14-27)35(21-25-12-6-5-11-24(25)3)31(37)22-36(28-15-9-10-23(2)20-28)41(39,40)29-18-16-26(33)17-19-29/h5-6,9-12,15-20,27,30H,4,7-8,13-14,21-22H2,1-3H3,(H,34,38)/t30-/m1/s1. The van der Waals surface area contributed by atoms with Crippen LogP contribution in [0.1, 0.15) is 55.7 Å². The fourth-order valence-corrected chi connectivity index (χ4v) is 6.84. The molecule has 0 spiro atoms. The van der Waals surface area contributed by atoms with Crippen LogP contribution in [-0.4, -0.2) is 43.8 Å². The van der Waals surface area contributed by atoms with E-state index < -0.39 is 28.5 Å². The largest absolute Gasteiger partial charge is 0.352 e. The quantitative estimate of drug-likeness (QED) is 0.294. The number of nitrogens with one attached hydrogen (secondary N) is 1. The summed E-state index contributed by atoms with van der Waals surface area (Å²) in [7, 11) is -4.14. The molecule has 1 aliphatic rings. The van der Waals surface area contributed by atoms with Gasteiger partial charge in [0, 0.05) is 17.6 Å². The maximum atomic E-state index is 14.2. The SMILES string of the molecule is CC[C@H](C(=O)NC1CCCC1)N(Cc1ccccc1C)C(=O)CN(c1cccc(C)c1)S(=O)(=O)c1ccc(Cl)cc1. The first-order valence-corrected chi connectivity index (χ1v) is 15.9. The number of anilines is 1. The van der Waals surface area contributed by atoms with E-state index in [-0.39, 0.29) is 23.4 Å². The van der Waals surface area contributed by atoms with Gasteiger partial charge in [-0.05, 0) is 86.2 Å². The number of carbonyl (C=O) groups excluding carboxylic acids is 2. The Morgan fingerprint density at radius 2 is 1.66 bits per heavy atom. The van der Waals surface area contributed by atoms with Crippen molar-refractivity contribution in [3.8, 4) is 0 Å². The van der Waals surface area contributed by atoms with Crippen molar-refractivity contribution in [1.82, 2.24) is 10.2 Å². The summed E-state index contributed by atoms with van der Waals surface area (Å²) in [5, 5.41) is 3.55. The molecule has 0 saturated heterocycles. The average Bonchev–Trinajstić information content (AvgIpc) is 3.45. The highest BCUT2D eigenvalue weighted by atomic mass is 35.5. The van der Waals surface area contributed by atoms with Gasteiger partial charge < -0.3 is 10.2 Å². The van der Waals surface area contributed by atoms with Crippen LogP contribution in [0.3, 0.4) is 0 Å². The Bertz CT molecular complexity index is 1470. The Morgan fingerprint density at radius 3 is 2.29 bits per heavy atom. The van der Waals surface area contributed by atoms with Crippen molar-refractivity contribution in [1.29, 1.82) is 0 Å². The van der Waals surface area contributed by atoms with Crippen LogP contribution in [0, 0.1) is 13.8 Å². The summed E-state index contributed by atoms with van der Waals surface area (Å²) in [4.78, 5) is 29.3. The number of hydrogen-bond acceptors (Lipinski definition) is 4. The van der Waals surface area contributed by atoms with Gasteiger partial charge in [-0.1, -0.05) is 67.8 Å². The first-order valence-electron chi connectivity index (χ1n) is 14.1. The van der Waals surface area contributed by atoms with Crippen LogP contribution >= 0.6 is 11.6 Å². The molecule has 9 heteroatoms. The maximum absolute atomic E-state index is 14.2. The summed E-state index contributed by atoms with van der Waals surface area (Å²) in [5.74, 6) is -0.662. The van der Waals surface area contributed by atoms with Crippen LogP contribution in [0.5, 0.6) is 0 Å². The normalized spacial score (nSPS) is 14.4.